The van der Waals surface area contributed by atoms with Gasteiger partial charge in [0.05, 0.1) is 5.41 Å². The molecule has 0 spiro atoms. The number of amides is 1. The lowest BCUT2D eigenvalue weighted by Crippen LogP contribution is -2.45. The van der Waals surface area contributed by atoms with Crippen molar-refractivity contribution in [2.75, 3.05) is 26.8 Å². The maximum Gasteiger partial charge on any atom is 0.227 e. The molecule has 4 heteroatoms. The topological polar surface area (TPSA) is 50.4 Å². The second-order valence-corrected chi connectivity index (χ2v) is 4.67. The highest BCUT2D eigenvalue weighted by atomic mass is 16.5. The van der Waals surface area contributed by atoms with Gasteiger partial charge in [-0.15, -0.1) is 0 Å². The minimum Gasteiger partial charge on any atom is -0.381 e. The van der Waals surface area contributed by atoms with Crippen LogP contribution in [0.2, 0.25) is 0 Å². The average Bonchev–Trinajstić information content (AvgIpc) is 3.01. The van der Waals surface area contributed by atoms with Gasteiger partial charge in [-0.2, -0.15) is 0 Å². The number of nitrogens with one attached hydrogen (secondary N) is 2. The molecule has 4 nitrogen and oxygen atoms in total. The van der Waals surface area contributed by atoms with Gasteiger partial charge in [0.2, 0.25) is 5.91 Å². The summed E-state index contributed by atoms with van der Waals surface area (Å²) >= 11 is 0. The van der Waals surface area contributed by atoms with Gasteiger partial charge in [0.1, 0.15) is 0 Å². The molecule has 1 amide bonds. The highest BCUT2D eigenvalue weighted by Crippen LogP contribution is 2.45. The molecule has 2 rings (SSSR count). The molecule has 2 fully saturated rings. The Morgan fingerprint density at radius 1 is 1.40 bits per heavy atom. The summed E-state index contributed by atoms with van der Waals surface area (Å²) in [6, 6.07) is 0.334. The van der Waals surface area contributed by atoms with E-state index >= 15 is 0 Å². The predicted molar refractivity (Wildman–Crippen MR) is 57.6 cm³/mol. The Morgan fingerprint density at radius 3 is 2.60 bits per heavy atom. The van der Waals surface area contributed by atoms with Crippen LogP contribution in [0.3, 0.4) is 0 Å². The summed E-state index contributed by atoms with van der Waals surface area (Å²) in [4.78, 5) is 12.0. The third-order valence-electron chi connectivity index (χ3n) is 3.41. The summed E-state index contributed by atoms with van der Waals surface area (Å²) in [5.41, 5.74) is -0.0902. The Hall–Kier alpha value is -0.610. The van der Waals surface area contributed by atoms with Crippen molar-refractivity contribution in [3.8, 4) is 0 Å². The number of ether oxygens (including phenoxy) is 1. The fourth-order valence-corrected chi connectivity index (χ4v) is 2.15. The summed E-state index contributed by atoms with van der Waals surface area (Å²) in [5.74, 6) is 0.240. The van der Waals surface area contributed by atoms with Gasteiger partial charge in [0.15, 0.2) is 0 Å². The van der Waals surface area contributed by atoms with E-state index in [1.54, 1.807) is 0 Å². The molecule has 2 aliphatic rings. The van der Waals surface area contributed by atoms with Gasteiger partial charge >= 0.3 is 0 Å². The van der Waals surface area contributed by atoms with E-state index in [1.807, 2.05) is 7.05 Å². The number of rotatable bonds is 4. The van der Waals surface area contributed by atoms with Crippen molar-refractivity contribution in [1.29, 1.82) is 0 Å². The van der Waals surface area contributed by atoms with E-state index in [0.717, 1.165) is 45.4 Å². The summed E-state index contributed by atoms with van der Waals surface area (Å²) < 4.78 is 5.27. The average molecular weight is 212 g/mol. The van der Waals surface area contributed by atoms with Gasteiger partial charge in [-0.3, -0.25) is 4.79 Å². The fraction of sp³-hybridized carbons (Fsp3) is 0.909. The predicted octanol–water partition coefficient (Wildman–Crippen LogP) is 0.281. The second kappa shape index (κ2) is 4.49. The molecule has 0 bridgehead atoms. The molecule has 0 aromatic carbocycles. The van der Waals surface area contributed by atoms with E-state index in [-0.39, 0.29) is 11.3 Å². The van der Waals surface area contributed by atoms with Crippen molar-refractivity contribution in [2.45, 2.75) is 31.7 Å². The molecule has 0 atom stereocenters. The van der Waals surface area contributed by atoms with E-state index in [2.05, 4.69) is 10.6 Å². The first-order valence-corrected chi connectivity index (χ1v) is 5.80. The van der Waals surface area contributed by atoms with Crippen molar-refractivity contribution in [2.24, 2.45) is 5.41 Å². The first-order chi connectivity index (χ1) is 7.27. The lowest BCUT2D eigenvalue weighted by molar-refractivity contribution is -0.127. The smallest absolute Gasteiger partial charge is 0.227 e. The van der Waals surface area contributed by atoms with E-state index in [0.29, 0.717) is 6.04 Å². The Labute approximate surface area is 90.8 Å². The molecule has 1 heterocycles. The number of carbonyl (C=O) groups excluding carboxylic acids is 1. The van der Waals surface area contributed by atoms with Gasteiger partial charge in [-0.1, -0.05) is 0 Å². The molecule has 0 aromatic heterocycles. The molecule has 0 aromatic rings. The molecular formula is C11H20N2O2. The van der Waals surface area contributed by atoms with Crippen LogP contribution in [0, 0.1) is 5.41 Å². The molecular weight excluding hydrogens is 192 g/mol. The molecule has 0 unspecified atom stereocenters. The molecule has 86 valence electrons. The quantitative estimate of drug-likeness (QED) is 0.704. The van der Waals surface area contributed by atoms with Gasteiger partial charge < -0.3 is 15.4 Å². The van der Waals surface area contributed by atoms with Crippen LogP contribution in [-0.4, -0.2) is 38.8 Å². The lowest BCUT2D eigenvalue weighted by atomic mass is 10.0. The fourth-order valence-electron chi connectivity index (χ4n) is 2.15. The Balaban J connectivity index is 1.80. The van der Waals surface area contributed by atoms with E-state index in [9.17, 15) is 4.79 Å². The third-order valence-corrected chi connectivity index (χ3v) is 3.41. The van der Waals surface area contributed by atoms with Crippen molar-refractivity contribution in [3.05, 3.63) is 0 Å². The molecule has 1 aliphatic carbocycles. The zero-order chi connectivity index (χ0) is 10.7. The Kier molecular flexibility index (Phi) is 3.26. The van der Waals surface area contributed by atoms with Gasteiger partial charge in [-0.05, 0) is 32.7 Å². The molecule has 1 aliphatic heterocycles. The third kappa shape index (κ3) is 2.49. The van der Waals surface area contributed by atoms with Crippen LogP contribution in [0.4, 0.5) is 0 Å². The molecule has 0 radical (unpaired) electrons. The highest BCUT2D eigenvalue weighted by molar-refractivity contribution is 5.85. The van der Waals surface area contributed by atoms with Crippen LogP contribution in [-0.2, 0) is 9.53 Å². The molecule has 15 heavy (non-hydrogen) atoms. The van der Waals surface area contributed by atoms with Crippen molar-refractivity contribution >= 4 is 5.91 Å². The number of carbonyl (C=O) groups is 1. The van der Waals surface area contributed by atoms with Crippen LogP contribution in [0.15, 0.2) is 0 Å². The highest BCUT2D eigenvalue weighted by Gasteiger charge is 2.49. The largest absolute Gasteiger partial charge is 0.381 e. The normalized spacial score (nSPS) is 24.9. The van der Waals surface area contributed by atoms with E-state index in [1.165, 1.54) is 0 Å². The van der Waals surface area contributed by atoms with Crippen LogP contribution in [0.25, 0.3) is 0 Å². The number of hydrogen-bond acceptors (Lipinski definition) is 3. The summed E-state index contributed by atoms with van der Waals surface area (Å²) in [6.07, 6.45) is 3.98. The van der Waals surface area contributed by atoms with Crippen molar-refractivity contribution < 1.29 is 9.53 Å². The summed E-state index contributed by atoms with van der Waals surface area (Å²) in [6.45, 7) is 2.37. The summed E-state index contributed by atoms with van der Waals surface area (Å²) in [5, 5.41) is 6.25. The SMILES string of the molecule is CNCC1(C(=O)NC2CCOCC2)CC1. The van der Waals surface area contributed by atoms with E-state index in [4.69, 9.17) is 4.74 Å². The zero-order valence-corrected chi connectivity index (χ0v) is 9.34. The minimum absolute atomic E-state index is 0.0902. The number of hydrogen-bond donors (Lipinski definition) is 2. The first-order valence-electron chi connectivity index (χ1n) is 5.80. The Morgan fingerprint density at radius 2 is 2.07 bits per heavy atom. The summed E-state index contributed by atoms with van der Waals surface area (Å²) in [7, 11) is 1.90. The van der Waals surface area contributed by atoms with Gasteiger partial charge in [0.25, 0.3) is 0 Å². The first kappa shape index (κ1) is 10.9. The van der Waals surface area contributed by atoms with Crippen LogP contribution >= 0.6 is 0 Å². The van der Waals surface area contributed by atoms with Gasteiger partial charge in [0, 0.05) is 25.8 Å². The zero-order valence-electron chi connectivity index (χ0n) is 9.34. The lowest BCUT2D eigenvalue weighted by Gasteiger charge is -2.25. The van der Waals surface area contributed by atoms with Crippen molar-refractivity contribution in [3.63, 3.8) is 0 Å². The molecule has 1 saturated carbocycles. The van der Waals surface area contributed by atoms with Crippen LogP contribution in [0.1, 0.15) is 25.7 Å². The van der Waals surface area contributed by atoms with Crippen LogP contribution < -0.4 is 10.6 Å². The van der Waals surface area contributed by atoms with Gasteiger partial charge in [-0.25, -0.2) is 0 Å². The maximum absolute atomic E-state index is 12.0. The minimum atomic E-state index is -0.0902. The van der Waals surface area contributed by atoms with Crippen LogP contribution in [0.5, 0.6) is 0 Å². The standard InChI is InChI=1S/C11H20N2O2/c1-12-8-11(4-5-11)10(14)13-9-2-6-15-7-3-9/h9,12H,2-8H2,1H3,(H,13,14). The second-order valence-electron chi connectivity index (χ2n) is 4.67. The monoisotopic (exact) mass is 212 g/mol. The maximum atomic E-state index is 12.0. The molecule has 2 N–H and O–H groups in total. The van der Waals surface area contributed by atoms with E-state index < -0.39 is 0 Å². The van der Waals surface area contributed by atoms with Crippen molar-refractivity contribution in [1.82, 2.24) is 10.6 Å². The Bertz CT molecular complexity index is 233. The molecule has 1 saturated heterocycles.